The van der Waals surface area contributed by atoms with Crippen LogP contribution in [0.15, 0.2) is 12.4 Å². The molecule has 0 aliphatic heterocycles. The minimum Gasteiger partial charge on any atom is -0.398 e. The van der Waals surface area contributed by atoms with Crippen LogP contribution in [0.5, 0.6) is 0 Å². The lowest BCUT2D eigenvalue weighted by atomic mass is 9.85. The van der Waals surface area contributed by atoms with Crippen LogP contribution in [0.3, 0.4) is 0 Å². The van der Waals surface area contributed by atoms with Crippen molar-refractivity contribution in [2.24, 2.45) is 0 Å². The molecule has 0 spiro atoms. The molecule has 76 valence electrons. The third kappa shape index (κ3) is 1.61. The third-order valence-corrected chi connectivity index (χ3v) is 2.84. The van der Waals surface area contributed by atoms with Gasteiger partial charge in [-0.2, -0.15) is 0 Å². The summed E-state index contributed by atoms with van der Waals surface area (Å²) in [6.45, 7) is 6.53. The first-order chi connectivity index (χ1) is 6.50. The van der Waals surface area contributed by atoms with E-state index in [4.69, 9.17) is 5.73 Å². The lowest BCUT2D eigenvalue weighted by Gasteiger charge is -2.22. The zero-order valence-electron chi connectivity index (χ0n) is 9.17. The largest absolute Gasteiger partial charge is 0.398 e. The van der Waals surface area contributed by atoms with Gasteiger partial charge in [-0.05, 0) is 35.3 Å². The first-order valence-corrected chi connectivity index (χ1v) is 5.24. The quantitative estimate of drug-likeness (QED) is 0.739. The number of nitrogen functional groups attached to an aromatic ring is 1. The molecule has 1 fully saturated rings. The van der Waals surface area contributed by atoms with Crippen LogP contribution in [0.1, 0.15) is 50.7 Å². The molecule has 1 aromatic heterocycles. The number of pyridine rings is 1. The van der Waals surface area contributed by atoms with Gasteiger partial charge in [-0.15, -0.1) is 0 Å². The van der Waals surface area contributed by atoms with E-state index in [-0.39, 0.29) is 5.41 Å². The molecule has 0 saturated heterocycles. The van der Waals surface area contributed by atoms with Crippen molar-refractivity contribution in [3.8, 4) is 0 Å². The van der Waals surface area contributed by atoms with Gasteiger partial charge >= 0.3 is 0 Å². The van der Waals surface area contributed by atoms with E-state index in [0.717, 1.165) is 5.69 Å². The van der Waals surface area contributed by atoms with Gasteiger partial charge in [0.1, 0.15) is 0 Å². The highest BCUT2D eigenvalue weighted by Gasteiger charge is 2.28. The molecule has 1 aliphatic rings. The fourth-order valence-corrected chi connectivity index (χ4v) is 1.80. The summed E-state index contributed by atoms with van der Waals surface area (Å²) < 4.78 is 0. The molecule has 0 amide bonds. The van der Waals surface area contributed by atoms with Gasteiger partial charge in [-0.3, -0.25) is 4.98 Å². The number of hydrogen-bond acceptors (Lipinski definition) is 2. The fraction of sp³-hybridized carbons (Fsp3) is 0.583. The summed E-state index contributed by atoms with van der Waals surface area (Å²) in [6.07, 6.45) is 6.39. The molecule has 0 radical (unpaired) electrons. The highest BCUT2D eigenvalue weighted by atomic mass is 14.7. The first-order valence-electron chi connectivity index (χ1n) is 5.24. The molecule has 1 heterocycles. The Hall–Kier alpha value is -1.05. The molecule has 0 atom stereocenters. The summed E-state index contributed by atoms with van der Waals surface area (Å²) in [4.78, 5) is 4.29. The summed E-state index contributed by atoms with van der Waals surface area (Å²) in [5.74, 6) is 0.685. The predicted octanol–water partition coefficient (Wildman–Crippen LogP) is 2.84. The van der Waals surface area contributed by atoms with Gasteiger partial charge in [0.15, 0.2) is 0 Å². The van der Waals surface area contributed by atoms with E-state index in [2.05, 4.69) is 25.8 Å². The normalized spacial score (nSPS) is 17.1. The Kier molecular flexibility index (Phi) is 2.02. The van der Waals surface area contributed by atoms with Gasteiger partial charge in [-0.25, -0.2) is 0 Å². The molecule has 2 nitrogen and oxygen atoms in total. The van der Waals surface area contributed by atoms with Gasteiger partial charge in [0, 0.05) is 18.1 Å². The Morgan fingerprint density at radius 1 is 1.29 bits per heavy atom. The minimum absolute atomic E-state index is 0.0992. The zero-order chi connectivity index (χ0) is 10.3. The Morgan fingerprint density at radius 3 is 2.43 bits per heavy atom. The lowest BCUT2D eigenvalue weighted by Crippen LogP contribution is -2.15. The maximum absolute atomic E-state index is 6.17. The predicted molar refractivity (Wildman–Crippen MR) is 59.3 cm³/mol. The van der Waals surface area contributed by atoms with E-state index < -0.39 is 0 Å². The molecule has 2 heteroatoms. The van der Waals surface area contributed by atoms with Crippen LogP contribution in [0.2, 0.25) is 0 Å². The Morgan fingerprint density at radius 2 is 1.93 bits per heavy atom. The molecule has 0 aromatic carbocycles. The third-order valence-electron chi connectivity index (χ3n) is 2.84. The number of anilines is 1. The van der Waals surface area contributed by atoms with Crippen LogP contribution in [-0.2, 0) is 5.41 Å². The molecular formula is C12H18N2. The van der Waals surface area contributed by atoms with Crippen LogP contribution in [-0.4, -0.2) is 4.98 Å². The molecule has 1 aromatic rings. The molecule has 14 heavy (non-hydrogen) atoms. The number of aromatic nitrogens is 1. The lowest BCUT2D eigenvalue weighted by molar-refractivity contribution is 0.589. The topological polar surface area (TPSA) is 38.9 Å². The summed E-state index contributed by atoms with van der Waals surface area (Å²) in [7, 11) is 0. The van der Waals surface area contributed by atoms with E-state index in [9.17, 15) is 0 Å². The Bertz CT molecular complexity index is 346. The van der Waals surface area contributed by atoms with Crippen molar-refractivity contribution in [1.29, 1.82) is 0 Å². The minimum atomic E-state index is 0.0992. The van der Waals surface area contributed by atoms with Gasteiger partial charge in [0.2, 0.25) is 0 Å². The molecule has 1 aliphatic carbocycles. The standard InChI is InChI=1S/C12H18N2/c1-12(2,3)10-7-14-6-9(11(10)13)8-4-5-8/h6-8H,4-5H2,1-3H3,(H2,13,14). The van der Waals surface area contributed by atoms with Crippen LogP contribution < -0.4 is 5.73 Å². The van der Waals surface area contributed by atoms with E-state index in [1.807, 2.05) is 12.4 Å². The maximum atomic E-state index is 6.17. The van der Waals surface area contributed by atoms with Crippen molar-refractivity contribution in [2.75, 3.05) is 5.73 Å². The highest BCUT2D eigenvalue weighted by Crippen LogP contribution is 2.44. The van der Waals surface area contributed by atoms with Crippen LogP contribution in [0.25, 0.3) is 0 Å². The van der Waals surface area contributed by atoms with E-state index in [1.54, 1.807) is 0 Å². The van der Waals surface area contributed by atoms with E-state index in [1.165, 1.54) is 24.0 Å². The van der Waals surface area contributed by atoms with Crippen molar-refractivity contribution in [1.82, 2.24) is 4.98 Å². The second-order valence-corrected chi connectivity index (χ2v) is 5.21. The van der Waals surface area contributed by atoms with E-state index >= 15 is 0 Å². The van der Waals surface area contributed by atoms with Gasteiger partial charge in [0.25, 0.3) is 0 Å². The van der Waals surface area contributed by atoms with Crippen LogP contribution >= 0.6 is 0 Å². The van der Waals surface area contributed by atoms with Crippen LogP contribution in [0, 0.1) is 0 Å². The Balaban J connectivity index is 2.46. The molecule has 2 N–H and O–H groups in total. The number of rotatable bonds is 1. The summed E-state index contributed by atoms with van der Waals surface area (Å²) in [6, 6.07) is 0. The first kappa shape index (κ1) is 9.50. The van der Waals surface area contributed by atoms with Crippen molar-refractivity contribution < 1.29 is 0 Å². The Labute approximate surface area is 85.5 Å². The molecule has 0 unspecified atom stereocenters. The molecule has 2 rings (SSSR count). The van der Waals surface area contributed by atoms with Gasteiger partial charge < -0.3 is 5.73 Å². The highest BCUT2D eigenvalue weighted by molar-refractivity contribution is 5.57. The number of nitrogens with two attached hydrogens (primary N) is 1. The summed E-state index contributed by atoms with van der Waals surface area (Å²) in [5, 5.41) is 0. The molecule has 1 saturated carbocycles. The van der Waals surface area contributed by atoms with Crippen LogP contribution in [0.4, 0.5) is 5.69 Å². The van der Waals surface area contributed by atoms with Gasteiger partial charge in [-0.1, -0.05) is 20.8 Å². The average Bonchev–Trinajstić information content (AvgIpc) is 2.85. The second kappa shape index (κ2) is 2.97. The summed E-state index contributed by atoms with van der Waals surface area (Å²) in [5.41, 5.74) is 9.68. The molecular weight excluding hydrogens is 172 g/mol. The van der Waals surface area contributed by atoms with Crippen molar-refractivity contribution in [2.45, 2.75) is 44.9 Å². The smallest absolute Gasteiger partial charge is 0.0418 e. The van der Waals surface area contributed by atoms with Crippen molar-refractivity contribution in [3.05, 3.63) is 23.5 Å². The fourth-order valence-electron chi connectivity index (χ4n) is 1.80. The number of nitrogens with zero attached hydrogens (tertiary/aromatic N) is 1. The second-order valence-electron chi connectivity index (χ2n) is 5.21. The van der Waals surface area contributed by atoms with Crippen molar-refractivity contribution in [3.63, 3.8) is 0 Å². The number of hydrogen-bond donors (Lipinski definition) is 1. The molecule has 0 bridgehead atoms. The van der Waals surface area contributed by atoms with Crippen molar-refractivity contribution >= 4 is 5.69 Å². The van der Waals surface area contributed by atoms with Gasteiger partial charge in [0.05, 0.1) is 0 Å². The maximum Gasteiger partial charge on any atom is 0.0418 e. The monoisotopic (exact) mass is 190 g/mol. The summed E-state index contributed by atoms with van der Waals surface area (Å²) >= 11 is 0. The SMILES string of the molecule is CC(C)(C)c1cncc(C2CC2)c1N. The van der Waals surface area contributed by atoms with E-state index in [0.29, 0.717) is 5.92 Å². The average molecular weight is 190 g/mol. The zero-order valence-corrected chi connectivity index (χ0v) is 9.17.